The summed E-state index contributed by atoms with van der Waals surface area (Å²) < 4.78 is 1.67. The van der Waals surface area contributed by atoms with Gasteiger partial charge in [0, 0.05) is 24.9 Å². The topological polar surface area (TPSA) is 112 Å². The van der Waals surface area contributed by atoms with Crippen molar-refractivity contribution in [1.82, 2.24) is 19.7 Å². The fraction of sp³-hybridized carbons (Fsp3) is 0.125. The zero-order chi connectivity index (χ0) is 22.8. The molecule has 0 aliphatic rings. The average Bonchev–Trinajstić information content (AvgIpc) is 3.24. The quantitative estimate of drug-likeness (QED) is 0.446. The second kappa shape index (κ2) is 8.43. The van der Waals surface area contributed by atoms with Gasteiger partial charge in [0.25, 0.3) is 5.91 Å². The van der Waals surface area contributed by atoms with E-state index >= 15 is 0 Å². The lowest BCUT2D eigenvalue weighted by atomic mass is 10.0. The van der Waals surface area contributed by atoms with Crippen molar-refractivity contribution in [3.8, 4) is 34.2 Å². The van der Waals surface area contributed by atoms with Crippen molar-refractivity contribution in [2.24, 2.45) is 0 Å². The van der Waals surface area contributed by atoms with Gasteiger partial charge in [0.15, 0.2) is 0 Å². The van der Waals surface area contributed by atoms with Crippen LogP contribution in [0.25, 0.3) is 16.9 Å². The summed E-state index contributed by atoms with van der Waals surface area (Å²) in [5, 5.41) is 35.3. The van der Waals surface area contributed by atoms with Crippen LogP contribution in [0.4, 0.5) is 0 Å². The molecule has 0 bridgehead atoms. The molecule has 8 heteroatoms. The minimum Gasteiger partial charge on any atom is -0.507 e. The van der Waals surface area contributed by atoms with Gasteiger partial charge in [0.2, 0.25) is 0 Å². The standard InChI is InChI=1S/C24H22N4O4/c1-15-6-3-4-7-19(15)28-20(9-11-26-28)16-12-17(23(31)13-22(16)30)24(32)27(2)14-18-21(29)8-5-10-25-18/h3-13,29-31H,14H2,1-2H3. The van der Waals surface area contributed by atoms with Gasteiger partial charge in [-0.1, -0.05) is 18.2 Å². The summed E-state index contributed by atoms with van der Waals surface area (Å²) in [4.78, 5) is 18.5. The Balaban J connectivity index is 1.72. The van der Waals surface area contributed by atoms with Crippen molar-refractivity contribution in [3.05, 3.63) is 83.8 Å². The molecule has 162 valence electrons. The van der Waals surface area contributed by atoms with Crippen molar-refractivity contribution >= 4 is 5.91 Å². The zero-order valence-electron chi connectivity index (χ0n) is 17.6. The molecular weight excluding hydrogens is 408 g/mol. The number of carbonyl (C=O) groups is 1. The highest BCUT2D eigenvalue weighted by atomic mass is 16.3. The molecular formula is C24H22N4O4. The number of aromatic nitrogens is 3. The first kappa shape index (κ1) is 20.9. The van der Waals surface area contributed by atoms with E-state index in [-0.39, 0.29) is 29.4 Å². The van der Waals surface area contributed by atoms with Crippen LogP contribution in [0.15, 0.2) is 67.0 Å². The number of aromatic hydroxyl groups is 3. The lowest BCUT2D eigenvalue weighted by Crippen LogP contribution is -2.26. The normalized spacial score (nSPS) is 10.8. The molecule has 4 aromatic rings. The van der Waals surface area contributed by atoms with Gasteiger partial charge < -0.3 is 20.2 Å². The molecule has 0 fully saturated rings. The number of hydrogen-bond donors (Lipinski definition) is 3. The van der Waals surface area contributed by atoms with Crippen LogP contribution < -0.4 is 0 Å². The number of hydrogen-bond acceptors (Lipinski definition) is 6. The summed E-state index contributed by atoms with van der Waals surface area (Å²) in [6.45, 7) is 2.00. The Hall–Kier alpha value is -4.33. The molecule has 0 unspecified atom stereocenters. The van der Waals surface area contributed by atoms with Crippen molar-refractivity contribution in [1.29, 1.82) is 0 Å². The maximum absolute atomic E-state index is 13.1. The Kier molecular flexibility index (Phi) is 5.51. The Morgan fingerprint density at radius 3 is 2.50 bits per heavy atom. The fourth-order valence-electron chi connectivity index (χ4n) is 3.51. The molecule has 0 atom stereocenters. The van der Waals surface area contributed by atoms with Gasteiger partial charge in [-0.2, -0.15) is 5.10 Å². The zero-order valence-corrected chi connectivity index (χ0v) is 17.6. The number of benzene rings is 2. The van der Waals surface area contributed by atoms with Crippen molar-refractivity contribution in [3.63, 3.8) is 0 Å². The van der Waals surface area contributed by atoms with Crippen LogP contribution in [-0.2, 0) is 6.54 Å². The molecule has 32 heavy (non-hydrogen) atoms. The largest absolute Gasteiger partial charge is 0.507 e. The Morgan fingerprint density at radius 2 is 1.75 bits per heavy atom. The Morgan fingerprint density at radius 1 is 0.969 bits per heavy atom. The second-order valence-electron chi connectivity index (χ2n) is 7.43. The highest BCUT2D eigenvalue weighted by Crippen LogP contribution is 2.36. The van der Waals surface area contributed by atoms with E-state index in [0.29, 0.717) is 17.0 Å². The van der Waals surface area contributed by atoms with Gasteiger partial charge in [-0.15, -0.1) is 0 Å². The van der Waals surface area contributed by atoms with Crippen molar-refractivity contribution in [2.45, 2.75) is 13.5 Å². The number of carbonyl (C=O) groups excluding carboxylic acids is 1. The highest BCUT2D eigenvalue weighted by Gasteiger charge is 2.22. The Bertz CT molecular complexity index is 1300. The monoisotopic (exact) mass is 430 g/mol. The van der Waals surface area contributed by atoms with Crippen molar-refractivity contribution < 1.29 is 20.1 Å². The number of rotatable bonds is 5. The minimum absolute atomic E-state index is 0.00764. The van der Waals surface area contributed by atoms with Crippen LogP contribution in [0.1, 0.15) is 21.6 Å². The predicted octanol–water partition coefficient (Wildman–Crippen LogP) is 3.63. The summed E-state index contributed by atoms with van der Waals surface area (Å²) in [7, 11) is 1.54. The number of aryl methyl sites for hydroxylation is 1. The summed E-state index contributed by atoms with van der Waals surface area (Å²) in [6, 6.07) is 15.1. The van der Waals surface area contributed by atoms with Crippen LogP contribution in [0, 0.1) is 6.92 Å². The smallest absolute Gasteiger partial charge is 0.257 e. The predicted molar refractivity (Wildman–Crippen MR) is 119 cm³/mol. The minimum atomic E-state index is -0.490. The van der Waals surface area contributed by atoms with E-state index in [1.165, 1.54) is 23.2 Å². The van der Waals surface area contributed by atoms with Crippen LogP contribution in [0.5, 0.6) is 17.2 Å². The molecule has 1 amide bonds. The molecule has 0 spiro atoms. The summed E-state index contributed by atoms with van der Waals surface area (Å²) in [5.41, 5.74) is 3.07. The maximum atomic E-state index is 13.1. The van der Waals surface area contributed by atoms with Crippen molar-refractivity contribution in [2.75, 3.05) is 7.05 Å². The first-order valence-electron chi connectivity index (χ1n) is 9.91. The molecule has 0 radical (unpaired) electrons. The third kappa shape index (κ3) is 3.85. The molecule has 8 nitrogen and oxygen atoms in total. The van der Waals surface area contributed by atoms with E-state index < -0.39 is 5.91 Å². The lowest BCUT2D eigenvalue weighted by molar-refractivity contribution is 0.0779. The van der Waals surface area contributed by atoms with E-state index in [0.717, 1.165) is 17.3 Å². The van der Waals surface area contributed by atoms with E-state index in [1.807, 2.05) is 31.2 Å². The summed E-state index contributed by atoms with van der Waals surface area (Å²) >= 11 is 0. The lowest BCUT2D eigenvalue weighted by Gasteiger charge is -2.19. The molecule has 2 aromatic heterocycles. The maximum Gasteiger partial charge on any atom is 0.257 e. The molecule has 4 rings (SSSR count). The van der Waals surface area contributed by atoms with Crippen LogP contribution in [-0.4, -0.2) is 47.9 Å². The highest BCUT2D eigenvalue weighted by molar-refractivity contribution is 5.98. The molecule has 2 heterocycles. The number of para-hydroxylation sites is 1. The summed E-state index contributed by atoms with van der Waals surface area (Å²) in [6.07, 6.45) is 3.13. The second-order valence-corrected chi connectivity index (χ2v) is 7.43. The van der Waals surface area contributed by atoms with E-state index in [2.05, 4.69) is 10.1 Å². The first-order valence-corrected chi connectivity index (χ1v) is 9.91. The molecule has 0 aliphatic carbocycles. The van der Waals surface area contributed by atoms with E-state index in [1.54, 1.807) is 30.1 Å². The van der Waals surface area contributed by atoms with Gasteiger partial charge >= 0.3 is 0 Å². The number of nitrogens with zero attached hydrogens (tertiary/aromatic N) is 4. The SMILES string of the molecule is Cc1ccccc1-n1nccc1-c1cc(C(=O)N(C)Cc2ncccc2O)c(O)cc1O. The molecule has 2 aromatic carbocycles. The number of phenolic OH excluding ortho intramolecular Hbond substituents is 2. The van der Waals surface area contributed by atoms with Crippen LogP contribution >= 0.6 is 0 Å². The first-order chi connectivity index (χ1) is 15.4. The number of amides is 1. The fourth-order valence-corrected chi connectivity index (χ4v) is 3.51. The summed E-state index contributed by atoms with van der Waals surface area (Å²) in [5.74, 6) is -1.05. The van der Waals surface area contributed by atoms with Crippen LogP contribution in [0.2, 0.25) is 0 Å². The van der Waals surface area contributed by atoms with E-state index in [9.17, 15) is 20.1 Å². The molecule has 0 saturated carbocycles. The van der Waals surface area contributed by atoms with Gasteiger partial charge in [-0.05, 0) is 42.8 Å². The molecule has 0 aliphatic heterocycles. The van der Waals surface area contributed by atoms with E-state index in [4.69, 9.17) is 0 Å². The molecule has 0 saturated heterocycles. The average molecular weight is 430 g/mol. The van der Waals surface area contributed by atoms with Gasteiger partial charge in [0.1, 0.15) is 22.9 Å². The Labute approximate surface area is 184 Å². The van der Waals surface area contributed by atoms with Crippen LogP contribution in [0.3, 0.4) is 0 Å². The number of pyridine rings is 1. The third-order valence-electron chi connectivity index (χ3n) is 5.21. The van der Waals surface area contributed by atoms with Gasteiger partial charge in [-0.25, -0.2) is 4.68 Å². The number of phenols is 2. The third-order valence-corrected chi connectivity index (χ3v) is 5.21. The van der Waals surface area contributed by atoms with Gasteiger partial charge in [0.05, 0.1) is 29.7 Å². The van der Waals surface area contributed by atoms with Gasteiger partial charge in [-0.3, -0.25) is 9.78 Å². The molecule has 3 N–H and O–H groups in total.